The molecular formula is C14H18N2O6. The first-order valence-corrected chi connectivity index (χ1v) is 6.53. The molecule has 0 aliphatic rings. The van der Waals surface area contributed by atoms with Crippen LogP contribution in [-0.2, 0) is 19.1 Å². The number of carbonyl (C=O) groups is 3. The van der Waals surface area contributed by atoms with Crippen LogP contribution < -0.4 is 10.6 Å². The summed E-state index contributed by atoms with van der Waals surface area (Å²) in [6.07, 6.45) is 0. The number of carbonyl (C=O) groups excluding carboxylic acids is 3. The van der Waals surface area contributed by atoms with Crippen LogP contribution in [0.2, 0.25) is 0 Å². The first kappa shape index (κ1) is 17.4. The summed E-state index contributed by atoms with van der Waals surface area (Å²) >= 11 is 0. The molecule has 0 aliphatic heterocycles. The second kappa shape index (κ2) is 9.35. The molecule has 1 aromatic rings. The highest BCUT2D eigenvalue weighted by Crippen LogP contribution is 2.04. The van der Waals surface area contributed by atoms with Gasteiger partial charge in [-0.05, 0) is 12.1 Å². The molecule has 3 N–H and O–H groups in total. The van der Waals surface area contributed by atoms with Crippen LogP contribution in [0.5, 0.6) is 0 Å². The fourth-order valence-electron chi connectivity index (χ4n) is 1.40. The van der Waals surface area contributed by atoms with Crippen LogP contribution in [0.25, 0.3) is 0 Å². The average molecular weight is 310 g/mol. The van der Waals surface area contributed by atoms with Crippen molar-refractivity contribution in [2.45, 2.75) is 6.92 Å². The predicted molar refractivity (Wildman–Crippen MR) is 76.8 cm³/mol. The topological polar surface area (TPSA) is 114 Å². The molecule has 0 spiro atoms. The molecule has 0 saturated carbocycles. The SMILES string of the molecule is CC(=O)OCC(CO)C(=O)OCNC(=O)Nc1ccccc1. The maximum absolute atomic E-state index is 11.6. The van der Waals surface area contributed by atoms with Crippen molar-refractivity contribution < 1.29 is 29.0 Å². The molecule has 0 fully saturated rings. The van der Waals surface area contributed by atoms with Crippen LogP contribution in [-0.4, -0.2) is 43.0 Å². The smallest absolute Gasteiger partial charge is 0.321 e. The van der Waals surface area contributed by atoms with Crippen LogP contribution in [0.4, 0.5) is 10.5 Å². The van der Waals surface area contributed by atoms with Gasteiger partial charge in [-0.3, -0.25) is 9.59 Å². The Morgan fingerprint density at radius 3 is 2.45 bits per heavy atom. The standard InChI is InChI=1S/C14H18N2O6/c1-10(18)21-8-11(7-17)13(19)22-9-15-14(20)16-12-5-3-2-4-6-12/h2-6,11,17H,7-9H2,1H3,(H2,15,16,20). The van der Waals surface area contributed by atoms with Gasteiger partial charge in [0.2, 0.25) is 0 Å². The van der Waals surface area contributed by atoms with E-state index < -0.39 is 30.5 Å². The Morgan fingerprint density at radius 2 is 1.86 bits per heavy atom. The fourth-order valence-corrected chi connectivity index (χ4v) is 1.40. The number of para-hydroxylation sites is 1. The molecule has 0 aromatic heterocycles. The van der Waals surface area contributed by atoms with Crippen molar-refractivity contribution >= 4 is 23.7 Å². The van der Waals surface area contributed by atoms with E-state index in [0.29, 0.717) is 5.69 Å². The lowest BCUT2D eigenvalue weighted by Crippen LogP contribution is -2.34. The van der Waals surface area contributed by atoms with Gasteiger partial charge in [0.1, 0.15) is 12.5 Å². The highest BCUT2D eigenvalue weighted by Gasteiger charge is 2.20. The molecule has 0 bridgehead atoms. The zero-order valence-corrected chi connectivity index (χ0v) is 12.1. The summed E-state index contributed by atoms with van der Waals surface area (Å²) in [6, 6.07) is 8.19. The Hall–Kier alpha value is -2.61. The number of rotatable bonds is 7. The van der Waals surface area contributed by atoms with E-state index in [4.69, 9.17) is 9.84 Å². The summed E-state index contributed by atoms with van der Waals surface area (Å²) in [6.45, 7) is 0.0204. The maximum Gasteiger partial charge on any atom is 0.321 e. The minimum atomic E-state index is -0.983. The van der Waals surface area contributed by atoms with E-state index in [-0.39, 0.29) is 13.3 Å². The molecule has 0 heterocycles. The minimum absolute atomic E-state index is 0.277. The molecule has 0 aliphatic carbocycles. The van der Waals surface area contributed by atoms with Gasteiger partial charge in [-0.15, -0.1) is 0 Å². The van der Waals surface area contributed by atoms with E-state index in [1.165, 1.54) is 6.92 Å². The van der Waals surface area contributed by atoms with E-state index in [2.05, 4.69) is 15.4 Å². The van der Waals surface area contributed by atoms with E-state index in [9.17, 15) is 14.4 Å². The van der Waals surface area contributed by atoms with Crippen LogP contribution >= 0.6 is 0 Å². The fraction of sp³-hybridized carbons (Fsp3) is 0.357. The molecule has 1 atom stereocenters. The van der Waals surface area contributed by atoms with Crippen molar-refractivity contribution in [1.29, 1.82) is 0 Å². The van der Waals surface area contributed by atoms with Gasteiger partial charge in [-0.25, -0.2) is 4.79 Å². The monoisotopic (exact) mass is 310 g/mol. The minimum Gasteiger partial charge on any atom is -0.465 e. The summed E-state index contributed by atoms with van der Waals surface area (Å²) in [4.78, 5) is 33.7. The number of hydrogen-bond donors (Lipinski definition) is 3. The molecule has 120 valence electrons. The van der Waals surface area contributed by atoms with Crippen molar-refractivity contribution in [3.05, 3.63) is 30.3 Å². The van der Waals surface area contributed by atoms with Crippen LogP contribution in [0.1, 0.15) is 6.92 Å². The van der Waals surface area contributed by atoms with Crippen molar-refractivity contribution in [3.8, 4) is 0 Å². The molecule has 1 aromatic carbocycles. The zero-order valence-electron chi connectivity index (χ0n) is 12.1. The first-order chi connectivity index (χ1) is 10.5. The third-order valence-corrected chi connectivity index (χ3v) is 2.52. The van der Waals surface area contributed by atoms with Crippen molar-refractivity contribution in [2.24, 2.45) is 5.92 Å². The molecule has 1 rings (SSSR count). The number of aliphatic hydroxyl groups is 1. The van der Waals surface area contributed by atoms with Crippen LogP contribution in [0, 0.1) is 5.92 Å². The predicted octanol–water partition coefficient (Wildman–Crippen LogP) is 0.480. The molecule has 0 saturated heterocycles. The quantitative estimate of drug-likeness (QED) is 0.498. The van der Waals surface area contributed by atoms with Crippen LogP contribution in [0.3, 0.4) is 0 Å². The van der Waals surface area contributed by atoms with Gasteiger partial charge in [-0.1, -0.05) is 18.2 Å². The lowest BCUT2D eigenvalue weighted by Gasteiger charge is -2.14. The van der Waals surface area contributed by atoms with Gasteiger partial charge in [0.05, 0.1) is 6.61 Å². The van der Waals surface area contributed by atoms with E-state index in [0.717, 1.165) is 0 Å². The molecule has 8 nitrogen and oxygen atoms in total. The third-order valence-electron chi connectivity index (χ3n) is 2.52. The maximum atomic E-state index is 11.6. The number of aliphatic hydroxyl groups excluding tert-OH is 1. The lowest BCUT2D eigenvalue weighted by molar-refractivity contribution is -0.155. The van der Waals surface area contributed by atoms with Crippen molar-refractivity contribution in [3.63, 3.8) is 0 Å². The van der Waals surface area contributed by atoms with Crippen molar-refractivity contribution in [2.75, 3.05) is 25.3 Å². The normalized spacial score (nSPS) is 11.2. The van der Waals surface area contributed by atoms with Gasteiger partial charge in [0.15, 0.2) is 6.73 Å². The Morgan fingerprint density at radius 1 is 1.18 bits per heavy atom. The number of ether oxygens (including phenoxy) is 2. The second-order valence-electron chi connectivity index (χ2n) is 4.29. The molecule has 2 amide bonds. The van der Waals surface area contributed by atoms with Gasteiger partial charge < -0.3 is 25.2 Å². The summed E-state index contributed by atoms with van der Waals surface area (Å²) in [5.74, 6) is -2.32. The summed E-state index contributed by atoms with van der Waals surface area (Å²) < 4.78 is 9.40. The Kier molecular flexibility index (Phi) is 7.41. The molecule has 0 radical (unpaired) electrons. The van der Waals surface area contributed by atoms with Gasteiger partial charge in [-0.2, -0.15) is 0 Å². The number of nitrogens with one attached hydrogen (secondary N) is 2. The van der Waals surface area contributed by atoms with E-state index >= 15 is 0 Å². The Balaban J connectivity index is 2.28. The average Bonchev–Trinajstić information content (AvgIpc) is 2.48. The highest BCUT2D eigenvalue weighted by molar-refractivity contribution is 5.89. The second-order valence-corrected chi connectivity index (χ2v) is 4.29. The molecule has 1 unspecified atom stereocenters. The number of amides is 2. The largest absolute Gasteiger partial charge is 0.465 e. The third kappa shape index (κ3) is 6.71. The first-order valence-electron chi connectivity index (χ1n) is 6.53. The summed E-state index contributed by atoms with van der Waals surface area (Å²) in [7, 11) is 0. The lowest BCUT2D eigenvalue weighted by atomic mass is 10.2. The number of hydrogen-bond acceptors (Lipinski definition) is 6. The molecule has 22 heavy (non-hydrogen) atoms. The van der Waals surface area contributed by atoms with Crippen LogP contribution in [0.15, 0.2) is 30.3 Å². The summed E-state index contributed by atoms with van der Waals surface area (Å²) in [5, 5.41) is 13.9. The number of benzene rings is 1. The van der Waals surface area contributed by atoms with Gasteiger partial charge in [0, 0.05) is 12.6 Å². The number of anilines is 1. The summed E-state index contributed by atoms with van der Waals surface area (Å²) in [5.41, 5.74) is 0.592. The highest BCUT2D eigenvalue weighted by atomic mass is 16.6. The Bertz CT molecular complexity index is 505. The zero-order chi connectivity index (χ0) is 16.4. The number of urea groups is 1. The molecular weight excluding hydrogens is 292 g/mol. The van der Waals surface area contributed by atoms with Gasteiger partial charge in [0.25, 0.3) is 0 Å². The Labute approximate surface area is 127 Å². The van der Waals surface area contributed by atoms with Gasteiger partial charge >= 0.3 is 18.0 Å². The van der Waals surface area contributed by atoms with E-state index in [1.54, 1.807) is 24.3 Å². The van der Waals surface area contributed by atoms with E-state index in [1.807, 2.05) is 6.07 Å². The molecule has 8 heteroatoms. The number of esters is 2. The van der Waals surface area contributed by atoms with Crippen molar-refractivity contribution in [1.82, 2.24) is 5.32 Å².